The molecule has 2 saturated heterocycles. The van der Waals surface area contributed by atoms with E-state index in [1.54, 1.807) is 30.3 Å². The summed E-state index contributed by atoms with van der Waals surface area (Å²) in [4.78, 5) is 46.1. The molecule has 0 radical (unpaired) electrons. The summed E-state index contributed by atoms with van der Waals surface area (Å²) >= 11 is 0. The minimum atomic E-state index is -4.52. The third kappa shape index (κ3) is 2.74. The number of hydrogen-bond donors (Lipinski definition) is 3. The molecule has 2 fully saturated rings. The molecular formula is C16H17N3O7S. The number of fused-ring (bicyclic) bond motifs is 1. The van der Waals surface area contributed by atoms with Gasteiger partial charge in [-0.25, -0.2) is 13.2 Å². The van der Waals surface area contributed by atoms with Gasteiger partial charge in [0.25, 0.3) is 5.91 Å². The molecule has 2 aliphatic heterocycles. The van der Waals surface area contributed by atoms with Gasteiger partial charge < -0.3 is 15.7 Å². The SMILES string of the molecule is CS(=O)(=O)[C@@]1(C(=O)O)C(=O)NC[C@@H]2[C@H](NC(=O)Cc3ccccc3)C(=O)N21. The lowest BCUT2D eigenvalue weighted by atomic mass is 9.88. The van der Waals surface area contributed by atoms with Crippen LogP contribution in [0.15, 0.2) is 30.3 Å². The van der Waals surface area contributed by atoms with Gasteiger partial charge in [0.2, 0.25) is 11.8 Å². The van der Waals surface area contributed by atoms with E-state index in [-0.39, 0.29) is 13.0 Å². The molecule has 0 aliphatic carbocycles. The average molecular weight is 395 g/mol. The van der Waals surface area contributed by atoms with Gasteiger partial charge in [0.15, 0.2) is 9.84 Å². The van der Waals surface area contributed by atoms with Gasteiger partial charge in [-0.2, -0.15) is 0 Å². The lowest BCUT2D eigenvalue weighted by molar-refractivity contribution is -0.177. The largest absolute Gasteiger partial charge is 0.478 e. The Bertz CT molecular complexity index is 931. The zero-order chi connectivity index (χ0) is 20.0. The molecule has 3 N–H and O–H groups in total. The van der Waals surface area contributed by atoms with E-state index in [1.807, 2.05) is 0 Å². The first kappa shape index (κ1) is 18.8. The molecule has 2 heterocycles. The molecule has 3 atom stereocenters. The molecule has 27 heavy (non-hydrogen) atoms. The Kier molecular flexibility index (Phi) is 4.42. The van der Waals surface area contributed by atoms with Gasteiger partial charge in [0.05, 0.1) is 12.5 Å². The number of amides is 3. The Balaban J connectivity index is 1.83. The standard InChI is InChI=1S/C16H17N3O7S/c1-27(25,26)16(15(23)24)14(22)17-8-10-12(13(21)19(10)16)18-11(20)7-9-5-3-2-4-6-9/h2-6,10,12H,7-8H2,1H3,(H,17,22)(H,18,20)(H,23,24)/t10-,12+,16-/m1/s1. The van der Waals surface area contributed by atoms with Crippen molar-refractivity contribution in [3.05, 3.63) is 35.9 Å². The number of β-lactam (4-membered cyclic amide) rings is 1. The number of sulfone groups is 1. The normalized spacial score (nSPS) is 27.2. The van der Waals surface area contributed by atoms with Crippen LogP contribution in [0.1, 0.15) is 5.56 Å². The van der Waals surface area contributed by atoms with Crippen LogP contribution in [0.4, 0.5) is 0 Å². The number of hydrogen-bond acceptors (Lipinski definition) is 6. The summed E-state index contributed by atoms with van der Waals surface area (Å²) in [6, 6.07) is 6.67. The third-order valence-corrected chi connectivity index (χ3v) is 6.32. The van der Waals surface area contributed by atoms with Gasteiger partial charge in [-0.15, -0.1) is 0 Å². The van der Waals surface area contributed by atoms with E-state index in [0.717, 1.165) is 0 Å². The van der Waals surface area contributed by atoms with Gasteiger partial charge in [-0.3, -0.25) is 19.3 Å². The lowest BCUT2D eigenvalue weighted by Crippen LogP contribution is -2.87. The van der Waals surface area contributed by atoms with Crippen molar-refractivity contribution in [3.63, 3.8) is 0 Å². The lowest BCUT2D eigenvalue weighted by Gasteiger charge is -2.55. The van der Waals surface area contributed by atoms with E-state index in [4.69, 9.17) is 0 Å². The van der Waals surface area contributed by atoms with E-state index >= 15 is 0 Å². The van der Waals surface area contributed by atoms with Gasteiger partial charge in [0.1, 0.15) is 6.04 Å². The summed E-state index contributed by atoms with van der Waals surface area (Å²) in [7, 11) is -4.52. The summed E-state index contributed by atoms with van der Waals surface area (Å²) in [6.07, 6.45) is 0.581. The fourth-order valence-electron chi connectivity index (χ4n) is 3.44. The molecule has 1 aromatic rings. The quantitative estimate of drug-likeness (QED) is 0.381. The third-order valence-electron chi connectivity index (χ3n) is 4.69. The molecule has 0 bridgehead atoms. The smallest absolute Gasteiger partial charge is 0.355 e. The Labute approximate surface area is 154 Å². The molecule has 0 spiro atoms. The molecule has 1 aromatic carbocycles. The summed E-state index contributed by atoms with van der Waals surface area (Å²) in [5, 5.41) is 14.2. The van der Waals surface area contributed by atoms with Crippen LogP contribution in [0.2, 0.25) is 0 Å². The van der Waals surface area contributed by atoms with E-state index in [9.17, 15) is 32.7 Å². The number of benzene rings is 1. The summed E-state index contributed by atoms with van der Waals surface area (Å²) < 4.78 is 24.3. The van der Waals surface area contributed by atoms with Crippen LogP contribution >= 0.6 is 0 Å². The van der Waals surface area contributed by atoms with Crippen molar-refractivity contribution >= 4 is 33.5 Å². The molecular weight excluding hydrogens is 378 g/mol. The van der Waals surface area contributed by atoms with Gasteiger partial charge in [0, 0.05) is 12.8 Å². The Morgan fingerprint density at radius 3 is 2.48 bits per heavy atom. The minimum Gasteiger partial charge on any atom is -0.478 e. The molecule has 10 nitrogen and oxygen atoms in total. The predicted molar refractivity (Wildman–Crippen MR) is 90.9 cm³/mol. The van der Waals surface area contributed by atoms with Crippen molar-refractivity contribution in [2.75, 3.05) is 12.8 Å². The molecule has 0 aromatic heterocycles. The van der Waals surface area contributed by atoms with Crippen LogP contribution in [0.5, 0.6) is 0 Å². The number of carboxylic acids is 1. The second-order valence-corrected chi connectivity index (χ2v) is 8.55. The summed E-state index contributed by atoms with van der Waals surface area (Å²) in [6.45, 7) is -0.161. The highest BCUT2D eigenvalue weighted by atomic mass is 32.2. The number of carbonyl (C=O) groups is 4. The van der Waals surface area contributed by atoms with Gasteiger partial charge in [-0.1, -0.05) is 30.3 Å². The molecule has 0 saturated carbocycles. The van der Waals surface area contributed by atoms with Crippen LogP contribution in [-0.4, -0.2) is 71.9 Å². The van der Waals surface area contributed by atoms with E-state index in [0.29, 0.717) is 16.7 Å². The number of rotatable bonds is 5. The number of piperazine rings is 1. The molecule has 0 unspecified atom stereocenters. The maximum absolute atomic E-state index is 12.5. The number of carbonyl (C=O) groups excluding carboxylic acids is 3. The van der Waals surface area contributed by atoms with Crippen molar-refractivity contribution in [2.24, 2.45) is 0 Å². The molecule has 144 valence electrons. The van der Waals surface area contributed by atoms with E-state index in [2.05, 4.69) is 10.6 Å². The zero-order valence-electron chi connectivity index (χ0n) is 14.2. The Hall–Kier alpha value is -2.95. The van der Waals surface area contributed by atoms with Crippen LogP contribution in [0, 0.1) is 0 Å². The average Bonchev–Trinajstić information content (AvgIpc) is 2.59. The highest BCUT2D eigenvalue weighted by Gasteiger charge is 2.71. The van der Waals surface area contributed by atoms with Crippen molar-refractivity contribution in [1.29, 1.82) is 0 Å². The fraction of sp³-hybridized carbons (Fsp3) is 0.375. The number of carboxylic acid groups (broad SMARTS) is 1. The first-order valence-electron chi connectivity index (χ1n) is 7.98. The molecule has 2 aliphatic rings. The maximum atomic E-state index is 12.5. The van der Waals surface area contributed by atoms with E-state index in [1.165, 1.54) is 0 Å². The van der Waals surface area contributed by atoms with Crippen LogP contribution in [-0.2, 0) is 35.4 Å². The molecule has 11 heteroatoms. The van der Waals surface area contributed by atoms with Gasteiger partial charge >= 0.3 is 10.8 Å². The highest BCUT2D eigenvalue weighted by Crippen LogP contribution is 2.37. The number of nitrogens with zero attached hydrogens (tertiary/aromatic N) is 1. The van der Waals surface area contributed by atoms with Crippen molar-refractivity contribution < 1.29 is 32.7 Å². The maximum Gasteiger partial charge on any atom is 0.355 e. The molecule has 3 amide bonds. The number of nitrogens with one attached hydrogen (secondary N) is 2. The first-order chi connectivity index (χ1) is 12.6. The number of aliphatic carboxylic acids is 1. The topological polar surface area (TPSA) is 150 Å². The van der Waals surface area contributed by atoms with Crippen molar-refractivity contribution in [3.8, 4) is 0 Å². The van der Waals surface area contributed by atoms with Gasteiger partial charge in [-0.05, 0) is 5.56 Å². The molecule has 3 rings (SSSR count). The van der Waals surface area contributed by atoms with Crippen LogP contribution in [0.25, 0.3) is 0 Å². The zero-order valence-corrected chi connectivity index (χ0v) is 15.0. The second kappa shape index (κ2) is 6.34. The van der Waals surface area contributed by atoms with Crippen molar-refractivity contribution in [2.45, 2.75) is 23.4 Å². The Morgan fingerprint density at radius 1 is 1.30 bits per heavy atom. The minimum absolute atomic E-state index is 0.000150. The first-order valence-corrected chi connectivity index (χ1v) is 9.87. The van der Waals surface area contributed by atoms with Crippen molar-refractivity contribution in [1.82, 2.24) is 15.5 Å². The Morgan fingerprint density at radius 2 is 1.93 bits per heavy atom. The van der Waals surface area contributed by atoms with Crippen LogP contribution in [0.3, 0.4) is 0 Å². The van der Waals surface area contributed by atoms with Crippen LogP contribution < -0.4 is 10.6 Å². The summed E-state index contributed by atoms with van der Waals surface area (Å²) in [5.74, 6) is -4.66. The highest BCUT2D eigenvalue weighted by molar-refractivity contribution is 7.93. The second-order valence-electron chi connectivity index (χ2n) is 6.41. The summed E-state index contributed by atoms with van der Waals surface area (Å²) in [5.41, 5.74) is 0.714. The fourth-order valence-corrected chi connectivity index (χ4v) is 4.75. The van der Waals surface area contributed by atoms with E-state index < -0.39 is 50.5 Å². The predicted octanol–water partition coefficient (Wildman–Crippen LogP) is -2.12. The monoisotopic (exact) mass is 395 g/mol.